The van der Waals surface area contributed by atoms with Crippen LogP contribution in [0.25, 0.3) is 11.5 Å². The van der Waals surface area contributed by atoms with Crippen molar-refractivity contribution in [2.24, 2.45) is 0 Å². The maximum atomic E-state index is 6.47. The summed E-state index contributed by atoms with van der Waals surface area (Å²) in [5.74, 6) is 2.68. The van der Waals surface area contributed by atoms with Crippen molar-refractivity contribution in [3.8, 4) is 23.0 Å². The highest BCUT2D eigenvalue weighted by atomic mass is 35.5. The van der Waals surface area contributed by atoms with E-state index >= 15 is 0 Å². The summed E-state index contributed by atoms with van der Waals surface area (Å²) in [6.07, 6.45) is 7.68. The molecule has 162 valence electrons. The first-order valence-electron chi connectivity index (χ1n) is 10.9. The van der Waals surface area contributed by atoms with Gasteiger partial charge in [0.2, 0.25) is 12.7 Å². The van der Waals surface area contributed by atoms with E-state index in [4.69, 9.17) is 30.5 Å². The number of oxazole rings is 1. The van der Waals surface area contributed by atoms with Crippen LogP contribution in [0, 0.1) is 6.92 Å². The highest BCUT2D eigenvalue weighted by Gasteiger charge is 2.26. The Bertz CT molecular complexity index is 1050. The fourth-order valence-corrected chi connectivity index (χ4v) is 4.65. The number of ether oxygens (including phenoxy) is 2. The van der Waals surface area contributed by atoms with E-state index in [0.29, 0.717) is 28.5 Å². The van der Waals surface area contributed by atoms with Crippen molar-refractivity contribution in [3.63, 3.8) is 0 Å². The largest absolute Gasteiger partial charge is 0.454 e. The Morgan fingerprint density at radius 3 is 2.87 bits per heavy atom. The van der Waals surface area contributed by atoms with Gasteiger partial charge in [0.25, 0.3) is 0 Å². The van der Waals surface area contributed by atoms with E-state index in [9.17, 15) is 0 Å². The van der Waals surface area contributed by atoms with Gasteiger partial charge in [-0.3, -0.25) is 9.88 Å². The second-order valence-electron chi connectivity index (χ2n) is 8.19. The van der Waals surface area contributed by atoms with Crippen molar-refractivity contribution in [2.45, 2.75) is 51.6 Å². The number of aromatic nitrogens is 2. The fraction of sp³-hybridized carbons (Fsp3) is 0.417. The molecule has 2 aliphatic rings. The molecular formula is C24H26ClN3O3. The van der Waals surface area contributed by atoms with E-state index in [1.54, 1.807) is 6.07 Å². The quantitative estimate of drug-likeness (QED) is 0.511. The molecule has 0 spiro atoms. The lowest BCUT2D eigenvalue weighted by Crippen LogP contribution is -2.39. The highest BCUT2D eigenvalue weighted by molar-refractivity contribution is 6.33. The van der Waals surface area contributed by atoms with Crippen LogP contribution in [0.2, 0.25) is 5.02 Å². The minimum absolute atomic E-state index is 0.208. The number of pyridine rings is 1. The summed E-state index contributed by atoms with van der Waals surface area (Å²) in [6, 6.07) is 10.3. The second kappa shape index (κ2) is 8.89. The molecule has 31 heavy (non-hydrogen) atoms. The summed E-state index contributed by atoms with van der Waals surface area (Å²) >= 11 is 6.47. The number of hydrogen-bond acceptors (Lipinski definition) is 6. The molecule has 1 fully saturated rings. The molecule has 2 aromatic heterocycles. The third-order valence-corrected chi connectivity index (χ3v) is 6.46. The SMILES string of the molecule is Cc1oc(-c2cc3c(cc2Cl)OCO3)nc1CN1CCCCC1CCc1ccccn1. The highest BCUT2D eigenvalue weighted by Crippen LogP contribution is 2.41. The van der Waals surface area contributed by atoms with Crippen LogP contribution in [0.4, 0.5) is 0 Å². The van der Waals surface area contributed by atoms with E-state index < -0.39 is 0 Å². The van der Waals surface area contributed by atoms with Crippen molar-refractivity contribution >= 4 is 11.6 Å². The van der Waals surface area contributed by atoms with Crippen LogP contribution in [0.5, 0.6) is 11.5 Å². The average molecular weight is 440 g/mol. The summed E-state index contributed by atoms with van der Waals surface area (Å²) in [6.45, 7) is 4.04. The van der Waals surface area contributed by atoms with E-state index in [-0.39, 0.29) is 6.79 Å². The van der Waals surface area contributed by atoms with Crippen LogP contribution in [-0.4, -0.2) is 34.2 Å². The van der Waals surface area contributed by atoms with Gasteiger partial charge in [-0.15, -0.1) is 0 Å². The molecule has 1 atom stereocenters. The Kier molecular flexibility index (Phi) is 5.83. The van der Waals surface area contributed by atoms with Crippen molar-refractivity contribution in [2.75, 3.05) is 13.3 Å². The molecule has 0 bridgehead atoms. The molecule has 4 heterocycles. The smallest absolute Gasteiger partial charge is 0.231 e. The molecule has 0 aliphatic carbocycles. The topological polar surface area (TPSA) is 60.6 Å². The van der Waals surface area contributed by atoms with E-state index in [1.807, 2.05) is 25.3 Å². The summed E-state index contributed by atoms with van der Waals surface area (Å²) in [7, 11) is 0. The number of hydrogen-bond donors (Lipinski definition) is 0. The van der Waals surface area contributed by atoms with Crippen LogP contribution in [-0.2, 0) is 13.0 Å². The Hall–Kier alpha value is -2.57. The van der Waals surface area contributed by atoms with Gasteiger partial charge in [-0.2, -0.15) is 0 Å². The zero-order valence-electron chi connectivity index (χ0n) is 17.6. The van der Waals surface area contributed by atoms with Gasteiger partial charge in [0.05, 0.1) is 16.3 Å². The predicted molar refractivity (Wildman–Crippen MR) is 118 cm³/mol. The van der Waals surface area contributed by atoms with Crippen molar-refractivity contribution < 1.29 is 13.9 Å². The predicted octanol–water partition coefficient (Wildman–Crippen LogP) is 5.41. The molecule has 1 saturated heterocycles. The molecule has 1 unspecified atom stereocenters. The van der Waals surface area contributed by atoms with Crippen LogP contribution in [0.1, 0.15) is 42.8 Å². The fourth-order valence-electron chi connectivity index (χ4n) is 4.42. The maximum Gasteiger partial charge on any atom is 0.231 e. The molecule has 0 N–H and O–H groups in total. The van der Waals surface area contributed by atoms with Crippen LogP contribution in [0.15, 0.2) is 40.9 Å². The average Bonchev–Trinajstić information content (AvgIpc) is 3.39. The van der Waals surface area contributed by atoms with Crippen molar-refractivity contribution in [1.29, 1.82) is 0 Å². The summed E-state index contributed by atoms with van der Waals surface area (Å²) < 4.78 is 16.9. The summed E-state index contributed by atoms with van der Waals surface area (Å²) in [5.41, 5.74) is 2.85. The van der Waals surface area contributed by atoms with Gasteiger partial charge in [0.1, 0.15) is 5.76 Å². The molecule has 0 saturated carbocycles. The van der Waals surface area contributed by atoms with Gasteiger partial charge in [-0.05, 0) is 57.4 Å². The number of fused-ring (bicyclic) bond motifs is 1. The zero-order chi connectivity index (χ0) is 21.2. The molecule has 0 amide bonds. The van der Waals surface area contributed by atoms with Gasteiger partial charge in [-0.25, -0.2) is 4.98 Å². The monoisotopic (exact) mass is 439 g/mol. The Balaban J connectivity index is 1.32. The molecule has 5 rings (SSSR count). The maximum absolute atomic E-state index is 6.47. The van der Waals surface area contributed by atoms with E-state index in [1.165, 1.54) is 19.3 Å². The molecule has 7 heteroatoms. The minimum Gasteiger partial charge on any atom is -0.454 e. The van der Waals surface area contributed by atoms with Crippen molar-refractivity contribution in [3.05, 3.63) is 58.7 Å². The molecule has 6 nitrogen and oxygen atoms in total. The van der Waals surface area contributed by atoms with Crippen molar-refractivity contribution in [1.82, 2.24) is 14.9 Å². The lowest BCUT2D eigenvalue weighted by molar-refractivity contribution is 0.130. The number of benzene rings is 1. The minimum atomic E-state index is 0.208. The molecule has 2 aliphatic heterocycles. The first kappa shape index (κ1) is 20.3. The first-order valence-corrected chi connectivity index (χ1v) is 11.2. The lowest BCUT2D eigenvalue weighted by atomic mass is 9.96. The standard InChI is InChI=1S/C24H26ClN3O3/c1-16-21(27-24(31-16)19-12-22-23(13-20(19)25)30-15-29-22)14-28-11-5-3-7-18(28)9-8-17-6-2-4-10-26-17/h2,4,6,10,12-13,18H,3,5,7-9,11,14-15H2,1H3. The van der Waals surface area contributed by atoms with Gasteiger partial charge < -0.3 is 13.9 Å². The van der Waals surface area contributed by atoms with Crippen LogP contribution >= 0.6 is 11.6 Å². The normalized spacial score (nSPS) is 18.5. The van der Waals surface area contributed by atoms with E-state index in [2.05, 4.69) is 22.0 Å². The number of aryl methyl sites for hydroxylation is 2. The lowest BCUT2D eigenvalue weighted by Gasteiger charge is -2.35. The third-order valence-electron chi connectivity index (χ3n) is 6.15. The number of rotatable bonds is 6. The van der Waals surface area contributed by atoms with E-state index in [0.717, 1.165) is 48.6 Å². The number of piperidine rings is 1. The Morgan fingerprint density at radius 2 is 2.03 bits per heavy atom. The first-order chi connectivity index (χ1) is 15.2. The number of halogens is 1. The van der Waals surface area contributed by atoms with Gasteiger partial charge in [-0.1, -0.05) is 24.1 Å². The summed E-state index contributed by atoms with van der Waals surface area (Å²) in [4.78, 5) is 11.8. The van der Waals surface area contributed by atoms with Crippen LogP contribution in [0.3, 0.4) is 0 Å². The Morgan fingerprint density at radius 1 is 1.16 bits per heavy atom. The molecule has 1 aromatic carbocycles. The summed E-state index contributed by atoms with van der Waals surface area (Å²) in [5, 5.41) is 0.545. The number of likely N-dealkylation sites (tertiary alicyclic amines) is 1. The van der Waals surface area contributed by atoms with Gasteiger partial charge in [0.15, 0.2) is 11.5 Å². The third kappa shape index (κ3) is 4.41. The second-order valence-corrected chi connectivity index (χ2v) is 8.59. The molecular weight excluding hydrogens is 414 g/mol. The molecule has 3 aromatic rings. The van der Waals surface area contributed by atoms with Crippen LogP contribution < -0.4 is 9.47 Å². The van der Waals surface area contributed by atoms with Gasteiger partial charge >= 0.3 is 0 Å². The number of nitrogens with zero attached hydrogens (tertiary/aromatic N) is 3. The molecule has 0 radical (unpaired) electrons. The van der Waals surface area contributed by atoms with Gasteiger partial charge in [0, 0.05) is 30.5 Å². The Labute approximate surface area is 187 Å². The zero-order valence-corrected chi connectivity index (χ0v) is 18.4.